The number of amides is 2. The SMILES string of the molecule is COc1ccccc1CCN(C(=O)C=C(C)C)C1CC(C(=O)NCCO)=CC(Oc2c(I)cc(C=O)cc2OC)C1O. The van der Waals surface area contributed by atoms with Gasteiger partial charge in [-0.3, -0.25) is 14.4 Å². The van der Waals surface area contributed by atoms with Gasteiger partial charge >= 0.3 is 0 Å². The van der Waals surface area contributed by atoms with E-state index >= 15 is 0 Å². The van der Waals surface area contributed by atoms with E-state index in [0.717, 1.165) is 11.1 Å². The van der Waals surface area contributed by atoms with E-state index in [-0.39, 0.29) is 43.5 Å². The van der Waals surface area contributed by atoms with Crippen LogP contribution in [0, 0.1) is 3.57 Å². The molecule has 2 amide bonds. The zero-order chi connectivity index (χ0) is 30.8. The number of rotatable bonds is 13. The Morgan fingerprint density at radius 1 is 1.14 bits per heavy atom. The average molecular weight is 693 g/mol. The lowest BCUT2D eigenvalue weighted by Gasteiger charge is -2.40. The summed E-state index contributed by atoms with van der Waals surface area (Å²) >= 11 is 2.01. The Kier molecular flexibility index (Phi) is 12.4. The van der Waals surface area contributed by atoms with Gasteiger partial charge in [-0.05, 0) is 72.7 Å². The molecule has 42 heavy (non-hydrogen) atoms. The van der Waals surface area contributed by atoms with Crippen molar-refractivity contribution in [3.05, 3.63) is 74.4 Å². The highest BCUT2D eigenvalue weighted by Crippen LogP contribution is 2.37. The Hall–Kier alpha value is -3.42. The number of aliphatic hydroxyl groups excluding tert-OH is 2. The number of aldehydes is 1. The van der Waals surface area contributed by atoms with Crippen LogP contribution in [0.4, 0.5) is 0 Å². The van der Waals surface area contributed by atoms with Gasteiger partial charge in [0, 0.05) is 36.7 Å². The van der Waals surface area contributed by atoms with E-state index < -0.39 is 24.2 Å². The molecule has 0 heterocycles. The van der Waals surface area contributed by atoms with Crippen molar-refractivity contribution in [2.75, 3.05) is 33.9 Å². The van der Waals surface area contributed by atoms with Crippen LogP contribution in [0.3, 0.4) is 0 Å². The minimum Gasteiger partial charge on any atom is -0.496 e. The summed E-state index contributed by atoms with van der Waals surface area (Å²) in [5.41, 5.74) is 2.36. The van der Waals surface area contributed by atoms with Crippen LogP contribution in [0.15, 0.2) is 59.7 Å². The molecule has 226 valence electrons. The lowest BCUT2D eigenvalue weighted by Crippen LogP contribution is -2.55. The van der Waals surface area contributed by atoms with Crippen molar-refractivity contribution in [1.82, 2.24) is 10.2 Å². The molecule has 1 aliphatic carbocycles. The first-order valence-corrected chi connectivity index (χ1v) is 14.6. The molecule has 3 unspecified atom stereocenters. The molecule has 0 saturated heterocycles. The molecule has 0 radical (unpaired) electrons. The summed E-state index contributed by atoms with van der Waals surface area (Å²) in [5.74, 6) is 0.503. The average Bonchev–Trinajstić information content (AvgIpc) is 2.97. The number of hydrogen-bond acceptors (Lipinski definition) is 8. The van der Waals surface area contributed by atoms with Crippen molar-refractivity contribution in [1.29, 1.82) is 0 Å². The maximum Gasteiger partial charge on any atom is 0.247 e. The van der Waals surface area contributed by atoms with E-state index in [9.17, 15) is 24.6 Å². The molecule has 3 atom stereocenters. The zero-order valence-electron chi connectivity index (χ0n) is 24.1. The zero-order valence-corrected chi connectivity index (χ0v) is 26.3. The van der Waals surface area contributed by atoms with Crippen LogP contribution in [0.25, 0.3) is 0 Å². The van der Waals surface area contributed by atoms with Crippen LogP contribution in [0.1, 0.15) is 36.2 Å². The van der Waals surface area contributed by atoms with Gasteiger partial charge in [-0.1, -0.05) is 23.8 Å². The van der Waals surface area contributed by atoms with Crippen molar-refractivity contribution >= 4 is 40.7 Å². The molecule has 0 aliphatic heterocycles. The van der Waals surface area contributed by atoms with Gasteiger partial charge in [0.15, 0.2) is 11.5 Å². The Morgan fingerprint density at radius 2 is 1.86 bits per heavy atom. The molecule has 11 heteroatoms. The normalized spacial score (nSPS) is 17.9. The smallest absolute Gasteiger partial charge is 0.247 e. The number of benzene rings is 2. The van der Waals surface area contributed by atoms with Crippen LogP contribution < -0.4 is 19.5 Å². The topological polar surface area (TPSA) is 135 Å². The molecule has 2 aromatic carbocycles. The fraction of sp³-hybridized carbons (Fsp3) is 0.387. The highest BCUT2D eigenvalue weighted by molar-refractivity contribution is 14.1. The summed E-state index contributed by atoms with van der Waals surface area (Å²) in [7, 11) is 3.02. The van der Waals surface area contributed by atoms with Crippen molar-refractivity contribution in [3.63, 3.8) is 0 Å². The molecular formula is C31H37IN2O8. The van der Waals surface area contributed by atoms with E-state index in [4.69, 9.17) is 14.2 Å². The van der Waals surface area contributed by atoms with Gasteiger partial charge in [-0.15, -0.1) is 0 Å². The number of nitrogens with zero attached hydrogens (tertiary/aromatic N) is 1. The van der Waals surface area contributed by atoms with Crippen molar-refractivity contribution in [2.24, 2.45) is 0 Å². The van der Waals surface area contributed by atoms with Crippen molar-refractivity contribution in [2.45, 2.75) is 44.9 Å². The van der Waals surface area contributed by atoms with Crippen LogP contribution in [-0.2, 0) is 16.0 Å². The number of aliphatic hydroxyl groups is 2. The fourth-order valence-electron chi connectivity index (χ4n) is 4.76. The van der Waals surface area contributed by atoms with Gasteiger partial charge in [-0.25, -0.2) is 0 Å². The Bertz CT molecular complexity index is 1340. The van der Waals surface area contributed by atoms with E-state index in [1.807, 2.05) is 60.7 Å². The number of para-hydroxylation sites is 1. The lowest BCUT2D eigenvalue weighted by molar-refractivity contribution is -0.133. The summed E-state index contributed by atoms with van der Waals surface area (Å²) in [6.07, 6.45) is 1.95. The maximum atomic E-state index is 13.6. The standard InChI is InChI=1S/C31H37IN2O8/c1-19(2)13-28(37)34(11-9-21-7-5-6-8-25(21)40-3)24-16-22(31(39)33-10-12-35)17-26(29(24)38)42-30-23(32)14-20(18-36)15-27(30)41-4/h5-8,13-15,17-18,24,26,29,35,38H,9-12,16H2,1-4H3,(H,33,39). The molecular weight excluding hydrogens is 655 g/mol. The van der Waals surface area contributed by atoms with Gasteiger partial charge in [0.05, 0.1) is 30.4 Å². The van der Waals surface area contributed by atoms with Crippen LogP contribution in [0.2, 0.25) is 0 Å². The second-order valence-electron chi connectivity index (χ2n) is 9.98. The van der Waals surface area contributed by atoms with Crippen LogP contribution >= 0.6 is 22.6 Å². The predicted octanol–water partition coefficient (Wildman–Crippen LogP) is 3.07. The minimum atomic E-state index is -1.22. The monoisotopic (exact) mass is 692 g/mol. The van der Waals surface area contributed by atoms with Gasteiger partial charge < -0.3 is 34.6 Å². The van der Waals surface area contributed by atoms with Crippen molar-refractivity contribution in [3.8, 4) is 17.2 Å². The molecule has 0 spiro atoms. The quantitative estimate of drug-likeness (QED) is 0.166. The summed E-state index contributed by atoms with van der Waals surface area (Å²) in [5, 5.41) is 23.6. The van der Waals surface area contributed by atoms with Crippen molar-refractivity contribution < 1.29 is 38.8 Å². The second kappa shape index (κ2) is 15.7. The van der Waals surface area contributed by atoms with Crippen LogP contribution in [0.5, 0.6) is 17.2 Å². The molecule has 3 N–H and O–H groups in total. The molecule has 0 aromatic heterocycles. The molecule has 0 saturated carbocycles. The highest BCUT2D eigenvalue weighted by Gasteiger charge is 2.40. The third-order valence-corrected chi connectivity index (χ3v) is 7.57. The van der Waals surface area contributed by atoms with E-state index in [1.54, 1.807) is 18.1 Å². The number of nitrogens with one attached hydrogen (secondary N) is 1. The molecule has 0 fully saturated rings. The molecule has 3 rings (SSSR count). The van der Waals surface area contributed by atoms with E-state index in [2.05, 4.69) is 5.32 Å². The highest BCUT2D eigenvalue weighted by atomic mass is 127. The van der Waals surface area contributed by atoms with Gasteiger partial charge in [0.2, 0.25) is 11.8 Å². The number of hydrogen-bond donors (Lipinski definition) is 3. The van der Waals surface area contributed by atoms with Gasteiger partial charge in [-0.2, -0.15) is 0 Å². The Labute approximate surface area is 259 Å². The van der Waals surface area contributed by atoms with Crippen LogP contribution in [-0.4, -0.2) is 85.4 Å². The second-order valence-corrected chi connectivity index (χ2v) is 11.1. The molecule has 1 aliphatic rings. The summed E-state index contributed by atoms with van der Waals surface area (Å²) in [6.45, 7) is 3.65. The summed E-state index contributed by atoms with van der Waals surface area (Å²) < 4.78 is 17.8. The lowest BCUT2D eigenvalue weighted by atomic mass is 9.87. The Balaban J connectivity index is 2.04. The predicted molar refractivity (Wildman–Crippen MR) is 166 cm³/mol. The maximum absolute atomic E-state index is 13.6. The first kappa shape index (κ1) is 33.1. The first-order valence-electron chi connectivity index (χ1n) is 13.5. The third-order valence-electron chi connectivity index (χ3n) is 6.77. The molecule has 2 aromatic rings. The third kappa shape index (κ3) is 8.33. The number of carbonyl (C=O) groups is 3. The number of carbonyl (C=O) groups excluding carboxylic acids is 3. The van der Waals surface area contributed by atoms with E-state index in [0.29, 0.717) is 33.2 Å². The largest absolute Gasteiger partial charge is 0.496 e. The Morgan fingerprint density at radius 3 is 2.50 bits per heavy atom. The number of ether oxygens (including phenoxy) is 3. The van der Waals surface area contributed by atoms with Gasteiger partial charge in [0.1, 0.15) is 24.2 Å². The molecule has 0 bridgehead atoms. The summed E-state index contributed by atoms with van der Waals surface area (Å²) in [6, 6.07) is 9.81. The first-order chi connectivity index (χ1) is 20.1. The van der Waals surface area contributed by atoms with Gasteiger partial charge in [0.25, 0.3) is 0 Å². The summed E-state index contributed by atoms with van der Waals surface area (Å²) in [4.78, 5) is 39.6. The number of halogens is 1. The number of methoxy groups -OCH3 is 2. The van der Waals surface area contributed by atoms with E-state index in [1.165, 1.54) is 25.3 Å². The molecule has 10 nitrogen and oxygen atoms in total. The fourth-order valence-corrected chi connectivity index (χ4v) is 5.51. The number of allylic oxidation sites excluding steroid dienone is 1. The minimum absolute atomic E-state index is 0.0437.